The molecule has 0 amide bonds. The van der Waals surface area contributed by atoms with Gasteiger partial charge in [-0.15, -0.1) is 0 Å². The van der Waals surface area contributed by atoms with Gasteiger partial charge in [0.15, 0.2) is 5.58 Å². The molecular formula is C31H27BrN2O2. The Morgan fingerprint density at radius 3 is 2.50 bits per heavy atom. The molecule has 5 rings (SSSR count). The van der Waals surface area contributed by atoms with E-state index >= 15 is 0 Å². The van der Waals surface area contributed by atoms with E-state index in [1.165, 1.54) is 11.1 Å². The molecule has 1 N–H and O–H groups in total. The number of fused-ring (bicyclic) bond motifs is 1. The Morgan fingerprint density at radius 1 is 0.972 bits per heavy atom. The number of hydrogen-bond donors (Lipinski definition) is 1. The number of nitrogens with zero attached hydrogens (tertiary/aromatic N) is 2. The lowest BCUT2D eigenvalue weighted by molar-refractivity contribution is 0.471. The number of aromatic hydroxyl groups is 1. The zero-order chi connectivity index (χ0) is 25.1. The summed E-state index contributed by atoms with van der Waals surface area (Å²) in [7, 11) is 0. The number of aliphatic imine (C=N–C) groups is 1. The number of phenolic OH excluding ortho intramolecular Hbond substituents is 1. The molecule has 0 saturated carbocycles. The predicted octanol–water partition coefficient (Wildman–Crippen LogP) is 8.82. The molecular weight excluding hydrogens is 512 g/mol. The minimum absolute atomic E-state index is 0.176. The van der Waals surface area contributed by atoms with Crippen LogP contribution >= 0.6 is 15.9 Å². The smallest absolute Gasteiger partial charge is 0.227 e. The molecule has 1 heterocycles. The van der Waals surface area contributed by atoms with Crippen LogP contribution in [0.15, 0.2) is 98.8 Å². The monoisotopic (exact) mass is 538 g/mol. The molecule has 1 atom stereocenters. The maximum absolute atomic E-state index is 10.5. The summed E-state index contributed by atoms with van der Waals surface area (Å²) in [5.41, 5.74) is 7.58. The molecule has 36 heavy (non-hydrogen) atoms. The predicted molar refractivity (Wildman–Crippen MR) is 150 cm³/mol. The normalized spacial score (nSPS) is 12.4. The summed E-state index contributed by atoms with van der Waals surface area (Å²) in [4.78, 5) is 9.29. The Hall–Kier alpha value is -3.70. The number of benzene rings is 4. The van der Waals surface area contributed by atoms with Crippen LogP contribution in [-0.4, -0.2) is 16.3 Å². The second-order valence-corrected chi connectivity index (χ2v) is 9.89. The standard InChI is InChI=1S/C31H27BrN2O2/c1-3-20(2)24-11-14-29-28(18-24)34-31(36-29)23-9-12-26(13-10-23)33-19-25-16-22(17-27(32)30(25)35)15-21-7-5-4-6-8-21/h4-14,16-20,35H,3,15H2,1-2H3/t20-/m1/s1. The van der Waals surface area contributed by atoms with Gasteiger partial charge in [-0.1, -0.05) is 50.2 Å². The van der Waals surface area contributed by atoms with E-state index in [4.69, 9.17) is 9.40 Å². The van der Waals surface area contributed by atoms with Crippen LogP contribution in [0.1, 0.15) is 48.4 Å². The first-order chi connectivity index (χ1) is 17.5. The molecule has 0 unspecified atom stereocenters. The molecule has 0 bridgehead atoms. The Morgan fingerprint density at radius 2 is 1.75 bits per heavy atom. The number of halogens is 1. The lowest BCUT2D eigenvalue weighted by Gasteiger charge is -2.07. The van der Waals surface area contributed by atoms with E-state index < -0.39 is 0 Å². The van der Waals surface area contributed by atoms with Gasteiger partial charge in [-0.2, -0.15) is 0 Å². The fourth-order valence-electron chi connectivity index (χ4n) is 4.16. The van der Waals surface area contributed by atoms with Crippen molar-refractivity contribution >= 4 is 38.9 Å². The second kappa shape index (κ2) is 10.5. The van der Waals surface area contributed by atoms with Gasteiger partial charge in [0.05, 0.1) is 10.2 Å². The first-order valence-corrected chi connectivity index (χ1v) is 12.9. The topological polar surface area (TPSA) is 58.6 Å². The second-order valence-electron chi connectivity index (χ2n) is 9.04. The number of phenols is 1. The summed E-state index contributed by atoms with van der Waals surface area (Å²) in [6.07, 6.45) is 3.56. The van der Waals surface area contributed by atoms with Crippen molar-refractivity contribution in [2.45, 2.75) is 32.6 Å². The number of aromatic nitrogens is 1. The minimum atomic E-state index is 0.176. The van der Waals surface area contributed by atoms with E-state index in [0.29, 0.717) is 21.8 Å². The summed E-state index contributed by atoms with van der Waals surface area (Å²) < 4.78 is 6.65. The first-order valence-electron chi connectivity index (χ1n) is 12.1. The maximum atomic E-state index is 10.5. The highest BCUT2D eigenvalue weighted by atomic mass is 79.9. The van der Waals surface area contributed by atoms with Crippen LogP contribution in [0.2, 0.25) is 0 Å². The number of oxazole rings is 1. The Bertz CT molecular complexity index is 1520. The van der Waals surface area contributed by atoms with Crippen molar-refractivity contribution < 1.29 is 9.52 Å². The van der Waals surface area contributed by atoms with Crippen molar-refractivity contribution in [1.82, 2.24) is 4.98 Å². The molecule has 1 aromatic heterocycles. The zero-order valence-electron chi connectivity index (χ0n) is 20.3. The molecule has 4 aromatic carbocycles. The van der Waals surface area contributed by atoms with E-state index in [1.54, 1.807) is 6.21 Å². The molecule has 0 aliphatic carbocycles. The van der Waals surface area contributed by atoms with E-state index in [0.717, 1.165) is 40.8 Å². The summed E-state index contributed by atoms with van der Waals surface area (Å²) in [6, 6.07) is 28.2. The molecule has 5 heteroatoms. The highest BCUT2D eigenvalue weighted by molar-refractivity contribution is 9.10. The van der Waals surface area contributed by atoms with Crippen molar-refractivity contribution in [3.8, 4) is 17.2 Å². The van der Waals surface area contributed by atoms with Gasteiger partial charge in [0.2, 0.25) is 5.89 Å². The van der Waals surface area contributed by atoms with Gasteiger partial charge in [-0.05, 0) is 99.9 Å². The first kappa shape index (κ1) is 24.0. The van der Waals surface area contributed by atoms with Crippen LogP contribution in [0, 0.1) is 0 Å². The molecule has 0 radical (unpaired) electrons. The van der Waals surface area contributed by atoms with Crippen LogP contribution < -0.4 is 0 Å². The summed E-state index contributed by atoms with van der Waals surface area (Å²) >= 11 is 3.47. The van der Waals surface area contributed by atoms with E-state index in [-0.39, 0.29) is 5.75 Å². The van der Waals surface area contributed by atoms with Crippen LogP contribution in [-0.2, 0) is 6.42 Å². The summed E-state index contributed by atoms with van der Waals surface area (Å²) in [5.74, 6) is 1.26. The van der Waals surface area contributed by atoms with Gasteiger partial charge < -0.3 is 9.52 Å². The lowest BCUT2D eigenvalue weighted by atomic mass is 9.98. The van der Waals surface area contributed by atoms with Crippen molar-refractivity contribution in [2.75, 3.05) is 0 Å². The zero-order valence-corrected chi connectivity index (χ0v) is 21.9. The molecule has 180 valence electrons. The Balaban J connectivity index is 1.35. The number of hydrogen-bond acceptors (Lipinski definition) is 4. The molecule has 0 aliphatic rings. The maximum Gasteiger partial charge on any atom is 0.227 e. The fraction of sp³-hybridized carbons (Fsp3) is 0.161. The van der Waals surface area contributed by atoms with E-state index in [2.05, 4.69) is 59.0 Å². The SMILES string of the molecule is CC[C@@H](C)c1ccc2oc(-c3ccc(N=Cc4cc(Cc5ccccc5)cc(Br)c4O)cc3)nc2c1. The van der Waals surface area contributed by atoms with Crippen LogP contribution in [0.4, 0.5) is 5.69 Å². The van der Waals surface area contributed by atoms with E-state index in [1.807, 2.05) is 60.7 Å². The van der Waals surface area contributed by atoms with Crippen molar-refractivity contribution in [1.29, 1.82) is 0 Å². The van der Waals surface area contributed by atoms with Crippen molar-refractivity contribution in [2.24, 2.45) is 4.99 Å². The molecule has 4 nitrogen and oxygen atoms in total. The largest absolute Gasteiger partial charge is 0.506 e. The average Bonchev–Trinajstić information content (AvgIpc) is 3.34. The van der Waals surface area contributed by atoms with Crippen LogP contribution in [0.25, 0.3) is 22.6 Å². The summed E-state index contributed by atoms with van der Waals surface area (Å²) in [5, 5.41) is 10.5. The summed E-state index contributed by atoms with van der Waals surface area (Å²) in [6.45, 7) is 4.41. The highest BCUT2D eigenvalue weighted by Crippen LogP contribution is 2.31. The van der Waals surface area contributed by atoms with Gasteiger partial charge in [0.25, 0.3) is 0 Å². The molecule has 0 spiro atoms. The Labute approximate surface area is 219 Å². The Kier molecular flexibility index (Phi) is 7.01. The fourth-order valence-corrected chi connectivity index (χ4v) is 4.68. The quantitative estimate of drug-likeness (QED) is 0.210. The minimum Gasteiger partial charge on any atom is -0.506 e. The van der Waals surface area contributed by atoms with Gasteiger partial charge in [0.1, 0.15) is 11.3 Å². The van der Waals surface area contributed by atoms with Gasteiger partial charge in [0, 0.05) is 17.3 Å². The van der Waals surface area contributed by atoms with Crippen molar-refractivity contribution in [3.05, 3.63) is 112 Å². The highest BCUT2D eigenvalue weighted by Gasteiger charge is 2.11. The third-order valence-electron chi connectivity index (χ3n) is 6.46. The molecule has 0 aliphatic heterocycles. The third-order valence-corrected chi connectivity index (χ3v) is 7.07. The third kappa shape index (κ3) is 5.26. The molecule has 0 fully saturated rings. The van der Waals surface area contributed by atoms with Crippen molar-refractivity contribution in [3.63, 3.8) is 0 Å². The van der Waals surface area contributed by atoms with Crippen LogP contribution in [0.5, 0.6) is 5.75 Å². The van der Waals surface area contributed by atoms with Crippen LogP contribution in [0.3, 0.4) is 0 Å². The van der Waals surface area contributed by atoms with Gasteiger partial charge in [-0.25, -0.2) is 4.98 Å². The molecule has 0 saturated heterocycles. The lowest BCUT2D eigenvalue weighted by Crippen LogP contribution is -1.92. The van der Waals surface area contributed by atoms with E-state index in [9.17, 15) is 5.11 Å². The van der Waals surface area contributed by atoms with Gasteiger partial charge >= 0.3 is 0 Å². The average molecular weight is 539 g/mol. The number of rotatable bonds is 7. The molecule has 5 aromatic rings. The van der Waals surface area contributed by atoms with Gasteiger partial charge in [-0.3, -0.25) is 4.99 Å².